The van der Waals surface area contributed by atoms with E-state index in [0.29, 0.717) is 22.9 Å². The molecule has 124 valence electrons. The Morgan fingerprint density at radius 1 is 1.04 bits per heavy atom. The second-order valence-electron chi connectivity index (χ2n) is 4.96. The van der Waals surface area contributed by atoms with Crippen molar-refractivity contribution in [2.75, 3.05) is 26.6 Å². The molecule has 24 heavy (non-hydrogen) atoms. The van der Waals surface area contributed by atoms with Gasteiger partial charge in [0.15, 0.2) is 11.5 Å². The third-order valence-electron chi connectivity index (χ3n) is 3.59. The highest BCUT2D eigenvalue weighted by Gasteiger charge is 2.16. The zero-order valence-corrected chi connectivity index (χ0v) is 13.6. The van der Waals surface area contributed by atoms with Crippen molar-refractivity contribution in [1.82, 2.24) is 9.78 Å². The van der Waals surface area contributed by atoms with Crippen molar-refractivity contribution in [2.45, 2.75) is 0 Å². The van der Waals surface area contributed by atoms with Gasteiger partial charge < -0.3 is 19.5 Å². The van der Waals surface area contributed by atoms with Crippen LogP contribution < -0.4 is 19.5 Å². The Balaban J connectivity index is 1.94. The zero-order valence-electron chi connectivity index (χ0n) is 13.6. The molecule has 1 N–H and O–H groups in total. The normalized spacial score (nSPS) is 10.5. The van der Waals surface area contributed by atoms with Crippen molar-refractivity contribution in [2.24, 2.45) is 0 Å². The molecule has 7 nitrogen and oxygen atoms in total. The summed E-state index contributed by atoms with van der Waals surface area (Å²) >= 11 is 0. The first-order chi connectivity index (χ1) is 11.7. The molecular weight excluding hydrogens is 310 g/mol. The van der Waals surface area contributed by atoms with Crippen LogP contribution in [0.1, 0.15) is 0 Å². The van der Waals surface area contributed by atoms with E-state index in [4.69, 9.17) is 14.2 Å². The van der Waals surface area contributed by atoms with Gasteiger partial charge in [0.1, 0.15) is 0 Å². The van der Waals surface area contributed by atoms with E-state index >= 15 is 0 Å². The van der Waals surface area contributed by atoms with Gasteiger partial charge >= 0.3 is 6.03 Å². The molecule has 0 saturated heterocycles. The SMILES string of the molecule is COc1cc(NC(=O)n2ncc3ccccc32)cc(OC)c1OC. The molecule has 0 fully saturated rings. The van der Waals surface area contributed by atoms with E-state index in [1.807, 2.05) is 24.3 Å². The van der Waals surface area contributed by atoms with Crippen molar-refractivity contribution in [1.29, 1.82) is 0 Å². The highest BCUT2D eigenvalue weighted by atomic mass is 16.5. The minimum atomic E-state index is -0.384. The number of hydrogen-bond acceptors (Lipinski definition) is 5. The Labute approximate surface area is 138 Å². The van der Waals surface area contributed by atoms with Crippen LogP contribution >= 0.6 is 0 Å². The lowest BCUT2D eigenvalue weighted by molar-refractivity contribution is 0.252. The summed E-state index contributed by atoms with van der Waals surface area (Å²) in [5.41, 5.74) is 1.23. The molecule has 0 radical (unpaired) electrons. The summed E-state index contributed by atoms with van der Waals surface area (Å²) in [5.74, 6) is 1.37. The molecule has 3 rings (SSSR count). The largest absolute Gasteiger partial charge is 0.493 e. The first-order valence-corrected chi connectivity index (χ1v) is 7.22. The maximum absolute atomic E-state index is 12.5. The molecular formula is C17H17N3O4. The third kappa shape index (κ3) is 2.71. The van der Waals surface area contributed by atoms with E-state index in [9.17, 15) is 4.79 Å². The van der Waals surface area contributed by atoms with Crippen LogP contribution in [0.25, 0.3) is 10.9 Å². The van der Waals surface area contributed by atoms with Crippen LogP contribution in [-0.2, 0) is 0 Å². The molecule has 7 heteroatoms. The topological polar surface area (TPSA) is 74.6 Å². The minimum absolute atomic E-state index is 0.384. The van der Waals surface area contributed by atoms with Gasteiger partial charge in [0.05, 0.1) is 38.7 Å². The zero-order chi connectivity index (χ0) is 17.1. The molecule has 0 atom stereocenters. The smallest absolute Gasteiger partial charge is 0.347 e. The van der Waals surface area contributed by atoms with Crippen LogP contribution in [0.15, 0.2) is 42.6 Å². The van der Waals surface area contributed by atoms with Gasteiger partial charge in [0.25, 0.3) is 0 Å². The molecule has 0 bridgehead atoms. The second-order valence-corrected chi connectivity index (χ2v) is 4.96. The number of nitrogens with one attached hydrogen (secondary N) is 1. The number of ether oxygens (including phenoxy) is 3. The number of amides is 1. The summed E-state index contributed by atoms with van der Waals surface area (Å²) in [7, 11) is 4.56. The maximum Gasteiger partial charge on any atom is 0.347 e. The number of para-hydroxylation sites is 1. The molecule has 2 aromatic carbocycles. The van der Waals surface area contributed by atoms with Crippen molar-refractivity contribution >= 4 is 22.6 Å². The molecule has 1 amide bonds. The van der Waals surface area contributed by atoms with Gasteiger partial charge in [-0.05, 0) is 6.07 Å². The van der Waals surface area contributed by atoms with Crippen LogP contribution in [0.3, 0.4) is 0 Å². The quantitative estimate of drug-likeness (QED) is 0.797. The summed E-state index contributed by atoms with van der Waals surface area (Å²) < 4.78 is 17.1. The Morgan fingerprint density at radius 3 is 2.33 bits per heavy atom. The van der Waals surface area contributed by atoms with Gasteiger partial charge in [-0.15, -0.1) is 0 Å². The average Bonchev–Trinajstić information content (AvgIpc) is 3.05. The standard InChI is InChI=1S/C17H17N3O4/c1-22-14-8-12(9-15(23-2)16(14)24-3)19-17(21)20-13-7-5-4-6-11(13)10-18-20/h4-10H,1-3H3,(H,19,21). The third-order valence-corrected chi connectivity index (χ3v) is 3.59. The van der Waals surface area contributed by atoms with Crippen LogP contribution in [0.4, 0.5) is 10.5 Å². The molecule has 0 aliphatic rings. The van der Waals surface area contributed by atoms with Crippen LogP contribution in [0.2, 0.25) is 0 Å². The van der Waals surface area contributed by atoms with E-state index in [2.05, 4.69) is 10.4 Å². The lowest BCUT2D eigenvalue weighted by atomic mass is 10.2. The number of benzene rings is 2. The van der Waals surface area contributed by atoms with Gasteiger partial charge in [0, 0.05) is 17.5 Å². The van der Waals surface area contributed by atoms with Crippen LogP contribution in [0.5, 0.6) is 17.2 Å². The van der Waals surface area contributed by atoms with E-state index in [-0.39, 0.29) is 6.03 Å². The van der Waals surface area contributed by atoms with Crippen LogP contribution in [0, 0.1) is 0 Å². The number of carbonyl (C=O) groups is 1. The molecule has 1 heterocycles. The number of aromatic nitrogens is 2. The number of methoxy groups -OCH3 is 3. The maximum atomic E-state index is 12.5. The van der Waals surface area contributed by atoms with E-state index in [1.165, 1.54) is 26.0 Å². The number of carbonyl (C=O) groups excluding carboxylic acids is 1. The molecule has 0 aliphatic heterocycles. The van der Waals surface area contributed by atoms with Gasteiger partial charge in [0.2, 0.25) is 5.75 Å². The van der Waals surface area contributed by atoms with Crippen molar-refractivity contribution < 1.29 is 19.0 Å². The number of nitrogens with zero attached hydrogens (tertiary/aromatic N) is 2. The molecule has 1 aromatic heterocycles. The fraction of sp³-hybridized carbons (Fsp3) is 0.176. The lowest BCUT2D eigenvalue weighted by Gasteiger charge is -2.14. The summed E-state index contributed by atoms with van der Waals surface area (Å²) in [4.78, 5) is 12.5. The summed E-state index contributed by atoms with van der Waals surface area (Å²) in [6.45, 7) is 0. The van der Waals surface area contributed by atoms with Crippen molar-refractivity contribution in [3.63, 3.8) is 0 Å². The monoisotopic (exact) mass is 327 g/mol. The molecule has 0 aliphatic carbocycles. The van der Waals surface area contributed by atoms with Gasteiger partial charge in [-0.3, -0.25) is 0 Å². The number of anilines is 1. The Morgan fingerprint density at radius 2 is 1.71 bits per heavy atom. The predicted molar refractivity (Wildman–Crippen MR) is 90.2 cm³/mol. The first-order valence-electron chi connectivity index (χ1n) is 7.22. The molecule has 0 saturated carbocycles. The first kappa shape index (κ1) is 15.7. The van der Waals surface area contributed by atoms with E-state index in [0.717, 1.165) is 10.9 Å². The van der Waals surface area contributed by atoms with E-state index < -0.39 is 0 Å². The second kappa shape index (κ2) is 6.49. The minimum Gasteiger partial charge on any atom is -0.493 e. The van der Waals surface area contributed by atoms with Crippen molar-refractivity contribution in [3.05, 3.63) is 42.6 Å². The molecule has 0 unspecified atom stereocenters. The Bertz CT molecular complexity index is 863. The fourth-order valence-electron chi connectivity index (χ4n) is 2.46. The average molecular weight is 327 g/mol. The summed E-state index contributed by atoms with van der Waals surface area (Å²) in [5, 5.41) is 7.80. The number of fused-ring (bicyclic) bond motifs is 1. The predicted octanol–water partition coefficient (Wildman–Crippen LogP) is 3.14. The molecule has 0 spiro atoms. The van der Waals surface area contributed by atoms with Crippen LogP contribution in [-0.4, -0.2) is 37.1 Å². The summed E-state index contributed by atoms with van der Waals surface area (Å²) in [6, 6.07) is 10.4. The fourth-order valence-corrected chi connectivity index (χ4v) is 2.46. The Kier molecular flexibility index (Phi) is 4.24. The van der Waals surface area contributed by atoms with E-state index in [1.54, 1.807) is 18.3 Å². The highest BCUT2D eigenvalue weighted by molar-refractivity contribution is 5.97. The number of rotatable bonds is 4. The highest BCUT2D eigenvalue weighted by Crippen LogP contribution is 2.39. The van der Waals surface area contributed by atoms with Gasteiger partial charge in [-0.1, -0.05) is 18.2 Å². The molecule has 3 aromatic rings. The Hall–Kier alpha value is -3.22. The summed E-state index contributed by atoms with van der Waals surface area (Å²) in [6.07, 6.45) is 1.64. The lowest BCUT2D eigenvalue weighted by Crippen LogP contribution is -2.20. The van der Waals surface area contributed by atoms with Gasteiger partial charge in [-0.2, -0.15) is 9.78 Å². The van der Waals surface area contributed by atoms with Crippen molar-refractivity contribution in [3.8, 4) is 17.2 Å². The number of hydrogen-bond donors (Lipinski definition) is 1. The van der Waals surface area contributed by atoms with Gasteiger partial charge in [-0.25, -0.2) is 4.79 Å².